The number of allylic oxidation sites excluding steroid dienone is 1. The number of imide groups is 1. The standard InChI is InChI=1S/C19H23ClN6O3/c1-4-29-14-7-5-13(6-8-14)11-21-24-18-22-16-15(26(18)10-9-12(2)20)17(27)23-19(28)25(16)3/h5-9,11,15-16H,4,10H2,1-3H3,(H,22,24)(H,23,27,28)/b12-9-,21-11+. The quantitative estimate of drug-likeness (QED) is 0.541. The number of urea groups is 1. The van der Waals surface area contributed by atoms with Crippen molar-refractivity contribution in [3.05, 3.63) is 40.9 Å². The molecule has 0 radical (unpaired) electrons. The highest BCUT2D eigenvalue weighted by Gasteiger charge is 2.48. The average Bonchev–Trinajstić information content (AvgIpc) is 3.05. The molecule has 2 unspecified atom stereocenters. The van der Waals surface area contributed by atoms with Crippen LogP contribution in [0.1, 0.15) is 19.4 Å². The maximum atomic E-state index is 12.4. The van der Waals surface area contributed by atoms with Crippen LogP contribution in [0.25, 0.3) is 0 Å². The third-order valence-corrected chi connectivity index (χ3v) is 4.65. The number of amides is 3. The zero-order valence-electron chi connectivity index (χ0n) is 16.4. The van der Waals surface area contributed by atoms with Crippen LogP contribution in [0.2, 0.25) is 0 Å². The van der Waals surface area contributed by atoms with E-state index in [1.807, 2.05) is 31.2 Å². The Bertz CT molecular complexity index is 863. The van der Waals surface area contributed by atoms with Gasteiger partial charge in [0.05, 0.1) is 12.8 Å². The highest BCUT2D eigenvalue weighted by Crippen LogP contribution is 2.23. The van der Waals surface area contributed by atoms with E-state index in [1.54, 1.807) is 31.2 Å². The van der Waals surface area contributed by atoms with Crippen LogP contribution in [0.15, 0.2) is 45.5 Å². The minimum atomic E-state index is -0.659. The number of carbonyl (C=O) groups is 2. The van der Waals surface area contributed by atoms with Crippen LogP contribution in [0.3, 0.4) is 0 Å². The van der Waals surface area contributed by atoms with Gasteiger partial charge < -0.3 is 14.5 Å². The van der Waals surface area contributed by atoms with Crippen molar-refractivity contribution >= 4 is 35.7 Å². The summed E-state index contributed by atoms with van der Waals surface area (Å²) in [5.74, 6) is 0.762. The van der Waals surface area contributed by atoms with E-state index < -0.39 is 24.1 Å². The lowest BCUT2D eigenvalue weighted by molar-refractivity contribution is -0.126. The molecule has 1 saturated heterocycles. The van der Waals surface area contributed by atoms with Gasteiger partial charge in [0.1, 0.15) is 5.75 Å². The SMILES string of the molecule is CCOc1ccc(/C=N/NC2=NC3C(C(=O)NC(=O)N3C)N2C/C=C(/C)Cl)cc1. The molecule has 1 aromatic rings. The number of hydrogen-bond acceptors (Lipinski definition) is 7. The molecule has 3 rings (SSSR count). The van der Waals surface area contributed by atoms with E-state index in [0.29, 0.717) is 24.1 Å². The first kappa shape index (κ1) is 20.7. The fourth-order valence-electron chi connectivity index (χ4n) is 3.02. The van der Waals surface area contributed by atoms with Crippen molar-refractivity contribution in [2.45, 2.75) is 26.1 Å². The molecule has 0 bridgehead atoms. The number of halogens is 1. The number of carbonyl (C=O) groups excluding carboxylic acids is 2. The van der Waals surface area contributed by atoms with Gasteiger partial charge >= 0.3 is 6.03 Å². The molecule has 2 N–H and O–H groups in total. The largest absolute Gasteiger partial charge is 0.494 e. The monoisotopic (exact) mass is 418 g/mol. The van der Waals surface area contributed by atoms with Crippen molar-refractivity contribution in [2.24, 2.45) is 10.1 Å². The number of rotatable bonds is 6. The van der Waals surface area contributed by atoms with Crippen molar-refractivity contribution < 1.29 is 14.3 Å². The van der Waals surface area contributed by atoms with Crippen LogP contribution in [0.5, 0.6) is 5.75 Å². The number of nitrogens with zero attached hydrogens (tertiary/aromatic N) is 4. The Balaban J connectivity index is 1.76. The molecule has 0 aromatic heterocycles. The summed E-state index contributed by atoms with van der Waals surface area (Å²) in [7, 11) is 1.59. The van der Waals surface area contributed by atoms with Gasteiger partial charge in [-0.2, -0.15) is 5.10 Å². The van der Waals surface area contributed by atoms with Crippen LogP contribution in [-0.4, -0.2) is 66.3 Å². The van der Waals surface area contributed by atoms with Gasteiger partial charge in [0.15, 0.2) is 12.2 Å². The van der Waals surface area contributed by atoms with Crippen LogP contribution in [0, 0.1) is 0 Å². The highest BCUT2D eigenvalue weighted by atomic mass is 35.5. The Labute approximate surface area is 174 Å². The number of guanidine groups is 1. The number of nitrogens with one attached hydrogen (secondary N) is 2. The molecular formula is C19H23ClN6O3. The minimum Gasteiger partial charge on any atom is -0.494 e. The molecule has 10 heteroatoms. The first-order valence-electron chi connectivity index (χ1n) is 9.17. The Morgan fingerprint density at radius 1 is 1.38 bits per heavy atom. The van der Waals surface area contributed by atoms with Gasteiger partial charge in [-0.15, -0.1) is 0 Å². The molecule has 29 heavy (non-hydrogen) atoms. The number of hydrogen-bond donors (Lipinski definition) is 2. The minimum absolute atomic E-state index is 0.344. The van der Waals surface area contributed by atoms with Gasteiger partial charge in [0.25, 0.3) is 5.91 Å². The van der Waals surface area contributed by atoms with E-state index in [2.05, 4.69) is 20.8 Å². The summed E-state index contributed by atoms with van der Waals surface area (Å²) in [6.45, 7) is 4.63. The number of fused-ring (bicyclic) bond motifs is 1. The molecule has 2 heterocycles. The summed E-state index contributed by atoms with van der Waals surface area (Å²) in [6, 6.07) is 6.33. The van der Waals surface area contributed by atoms with Crippen molar-refractivity contribution in [1.29, 1.82) is 0 Å². The van der Waals surface area contributed by atoms with Gasteiger partial charge in [-0.1, -0.05) is 17.7 Å². The second kappa shape index (κ2) is 8.95. The lowest BCUT2D eigenvalue weighted by Gasteiger charge is -2.35. The lowest BCUT2D eigenvalue weighted by atomic mass is 10.1. The van der Waals surface area contributed by atoms with E-state index in [1.165, 1.54) is 4.90 Å². The number of aliphatic imine (C=N–C) groups is 1. The van der Waals surface area contributed by atoms with Gasteiger partial charge in [-0.3, -0.25) is 10.1 Å². The Kier molecular flexibility index (Phi) is 6.38. The Morgan fingerprint density at radius 2 is 2.10 bits per heavy atom. The lowest BCUT2D eigenvalue weighted by Crippen LogP contribution is -2.64. The predicted molar refractivity (Wildman–Crippen MR) is 111 cm³/mol. The molecule has 1 aromatic carbocycles. The molecule has 9 nitrogen and oxygen atoms in total. The third kappa shape index (κ3) is 4.68. The van der Waals surface area contributed by atoms with Crippen LogP contribution >= 0.6 is 11.6 Å². The number of likely N-dealkylation sites (N-methyl/N-ethyl adjacent to an activating group) is 1. The van der Waals surface area contributed by atoms with Crippen molar-refractivity contribution in [1.82, 2.24) is 20.5 Å². The van der Waals surface area contributed by atoms with Crippen molar-refractivity contribution in [3.63, 3.8) is 0 Å². The highest BCUT2D eigenvalue weighted by molar-refractivity contribution is 6.29. The van der Waals surface area contributed by atoms with E-state index in [0.717, 1.165) is 11.3 Å². The molecule has 2 atom stereocenters. The molecule has 2 aliphatic rings. The molecule has 0 aliphatic carbocycles. The van der Waals surface area contributed by atoms with E-state index in [9.17, 15) is 9.59 Å². The zero-order valence-corrected chi connectivity index (χ0v) is 17.2. The predicted octanol–water partition coefficient (Wildman–Crippen LogP) is 1.70. The van der Waals surface area contributed by atoms with Gasteiger partial charge in [0.2, 0.25) is 5.96 Å². The second-order valence-electron chi connectivity index (χ2n) is 6.53. The fraction of sp³-hybridized carbons (Fsp3) is 0.368. The molecule has 2 aliphatic heterocycles. The maximum absolute atomic E-state index is 12.4. The summed E-state index contributed by atoms with van der Waals surface area (Å²) < 4.78 is 5.42. The summed E-state index contributed by atoms with van der Waals surface area (Å²) in [4.78, 5) is 31.9. The van der Waals surface area contributed by atoms with E-state index in [4.69, 9.17) is 16.3 Å². The van der Waals surface area contributed by atoms with Crippen LogP contribution < -0.4 is 15.5 Å². The third-order valence-electron chi connectivity index (χ3n) is 4.50. The smallest absolute Gasteiger partial charge is 0.325 e. The first-order valence-corrected chi connectivity index (χ1v) is 9.54. The summed E-state index contributed by atoms with van der Waals surface area (Å²) in [5.41, 5.74) is 3.75. The van der Waals surface area contributed by atoms with E-state index in [-0.39, 0.29) is 0 Å². The van der Waals surface area contributed by atoms with E-state index >= 15 is 0 Å². The maximum Gasteiger partial charge on any atom is 0.325 e. The average molecular weight is 419 g/mol. The van der Waals surface area contributed by atoms with Gasteiger partial charge in [0, 0.05) is 18.6 Å². The summed E-state index contributed by atoms with van der Waals surface area (Å²) >= 11 is 5.96. The molecule has 0 saturated carbocycles. The molecular weight excluding hydrogens is 396 g/mol. The fourth-order valence-corrected chi connectivity index (χ4v) is 3.09. The van der Waals surface area contributed by atoms with Gasteiger partial charge in [-0.05, 0) is 43.7 Å². The number of benzene rings is 1. The number of hydrazone groups is 1. The summed E-state index contributed by atoms with van der Waals surface area (Å²) in [6.07, 6.45) is 2.76. The van der Waals surface area contributed by atoms with Crippen molar-refractivity contribution in [2.75, 3.05) is 20.2 Å². The Morgan fingerprint density at radius 3 is 2.76 bits per heavy atom. The number of ether oxygens (including phenoxy) is 1. The second-order valence-corrected chi connectivity index (χ2v) is 7.13. The molecule has 1 fully saturated rings. The first-order chi connectivity index (χ1) is 13.9. The molecule has 3 amide bonds. The topological polar surface area (TPSA) is 98.6 Å². The zero-order chi connectivity index (χ0) is 21.0. The molecule has 154 valence electrons. The Hall–Kier alpha value is -3.07. The normalized spacial score (nSPS) is 21.9. The van der Waals surface area contributed by atoms with Crippen molar-refractivity contribution in [3.8, 4) is 5.75 Å². The molecule has 0 spiro atoms. The van der Waals surface area contributed by atoms with Crippen LogP contribution in [0.4, 0.5) is 4.79 Å². The van der Waals surface area contributed by atoms with Crippen LogP contribution in [-0.2, 0) is 4.79 Å². The summed E-state index contributed by atoms with van der Waals surface area (Å²) in [5, 5.41) is 7.15. The van der Waals surface area contributed by atoms with Gasteiger partial charge in [-0.25, -0.2) is 15.2 Å².